The fourth-order valence-corrected chi connectivity index (χ4v) is 3.12. The van der Waals surface area contributed by atoms with Gasteiger partial charge in [-0.3, -0.25) is 0 Å². The molecule has 0 bridgehead atoms. The number of hydrogen-bond acceptors (Lipinski definition) is 3. The van der Waals surface area contributed by atoms with E-state index in [2.05, 4.69) is 34.6 Å². The summed E-state index contributed by atoms with van der Waals surface area (Å²) in [6.45, 7) is 0.444. The number of anilines is 2. The van der Waals surface area contributed by atoms with Crippen LogP contribution in [-0.4, -0.2) is 22.6 Å². The third-order valence-electron chi connectivity index (χ3n) is 4.11. The molecule has 0 saturated heterocycles. The minimum Gasteiger partial charge on any atom is -0.316 e. The average molecular weight is 358 g/mol. The third-order valence-corrected chi connectivity index (χ3v) is 4.43. The topological polar surface area (TPSA) is 30.9 Å². The predicted molar refractivity (Wildman–Crippen MR) is 110 cm³/mol. The van der Waals surface area contributed by atoms with Crippen LogP contribution in [0.25, 0.3) is 0 Å². The molecule has 0 unspecified atom stereocenters. The number of nitrogens with one attached hydrogen (secondary N) is 1. The summed E-state index contributed by atoms with van der Waals surface area (Å²) in [5.74, 6) is 0.799. The Labute approximate surface area is 158 Å². The van der Waals surface area contributed by atoms with E-state index in [0.717, 1.165) is 22.8 Å². The van der Waals surface area contributed by atoms with E-state index in [1.807, 2.05) is 71.7 Å². The molecule has 0 aromatic heterocycles. The Kier molecular flexibility index (Phi) is 4.62. The van der Waals surface area contributed by atoms with Crippen LogP contribution in [0.1, 0.15) is 5.56 Å². The number of rotatable bonds is 4. The van der Waals surface area contributed by atoms with Crippen molar-refractivity contribution in [1.82, 2.24) is 10.3 Å². The van der Waals surface area contributed by atoms with Gasteiger partial charge in [0.05, 0.1) is 11.4 Å². The Morgan fingerprint density at radius 1 is 0.769 bits per heavy atom. The largest absolute Gasteiger partial charge is 0.316 e. The van der Waals surface area contributed by atoms with Crippen LogP contribution < -0.4 is 10.3 Å². The molecular formula is C21H18N4S. The molecule has 0 atom stereocenters. The van der Waals surface area contributed by atoms with Gasteiger partial charge in [0, 0.05) is 5.56 Å². The van der Waals surface area contributed by atoms with E-state index in [9.17, 15) is 0 Å². The number of aliphatic imine (C=N–C) groups is 1. The molecule has 1 N–H and O–H groups in total. The van der Waals surface area contributed by atoms with E-state index in [0.29, 0.717) is 11.8 Å². The Bertz CT molecular complexity index is 871. The highest BCUT2D eigenvalue weighted by Crippen LogP contribution is 2.28. The SMILES string of the molecule is S=C1NC(c2ccccc2)=NCN1N(c1ccccc1)c1ccccc1. The highest BCUT2D eigenvalue weighted by molar-refractivity contribution is 7.80. The van der Waals surface area contributed by atoms with Crippen LogP contribution in [0.3, 0.4) is 0 Å². The second-order valence-corrected chi connectivity index (χ2v) is 6.21. The lowest BCUT2D eigenvalue weighted by Gasteiger charge is -2.39. The standard InChI is InChI=1S/C21H18N4S/c26-21-23-20(17-10-4-1-5-11-17)22-16-24(21)25(18-12-6-2-7-13-18)19-14-8-3-9-15-19/h1-15H,16H2,(H,22,23,26). The number of thiocarbonyl (C=S) groups is 1. The fourth-order valence-electron chi connectivity index (χ4n) is 2.89. The van der Waals surface area contributed by atoms with Gasteiger partial charge in [-0.25, -0.2) is 15.0 Å². The maximum Gasteiger partial charge on any atom is 0.195 e. The summed E-state index contributed by atoms with van der Waals surface area (Å²) in [5, 5.41) is 7.93. The van der Waals surface area contributed by atoms with Crippen LogP contribution in [0.4, 0.5) is 11.4 Å². The Morgan fingerprint density at radius 2 is 1.27 bits per heavy atom. The number of para-hydroxylation sites is 2. The van der Waals surface area contributed by atoms with Gasteiger partial charge < -0.3 is 5.32 Å². The zero-order valence-electron chi connectivity index (χ0n) is 14.1. The highest BCUT2D eigenvalue weighted by atomic mass is 32.1. The molecule has 3 aromatic carbocycles. The Balaban J connectivity index is 1.69. The minimum atomic E-state index is 0.444. The Morgan fingerprint density at radius 3 is 1.77 bits per heavy atom. The van der Waals surface area contributed by atoms with Crippen molar-refractivity contribution in [1.29, 1.82) is 0 Å². The molecule has 0 saturated carbocycles. The van der Waals surface area contributed by atoms with E-state index >= 15 is 0 Å². The monoisotopic (exact) mass is 358 g/mol. The molecule has 1 aliphatic rings. The summed E-state index contributed by atoms with van der Waals surface area (Å²) < 4.78 is 0. The van der Waals surface area contributed by atoms with Crippen molar-refractivity contribution in [3.63, 3.8) is 0 Å². The average Bonchev–Trinajstić information content (AvgIpc) is 2.72. The first-order valence-electron chi connectivity index (χ1n) is 8.41. The highest BCUT2D eigenvalue weighted by Gasteiger charge is 2.25. The second-order valence-electron chi connectivity index (χ2n) is 5.83. The van der Waals surface area contributed by atoms with E-state index in [1.165, 1.54) is 0 Å². The van der Waals surface area contributed by atoms with Crippen LogP contribution in [0, 0.1) is 0 Å². The van der Waals surface area contributed by atoms with E-state index in [1.54, 1.807) is 0 Å². The molecule has 1 heterocycles. The van der Waals surface area contributed by atoms with Gasteiger partial charge in [-0.15, -0.1) is 0 Å². The van der Waals surface area contributed by atoms with E-state index < -0.39 is 0 Å². The lowest BCUT2D eigenvalue weighted by atomic mass is 10.2. The van der Waals surface area contributed by atoms with Gasteiger partial charge in [0.15, 0.2) is 5.11 Å². The number of hydrazine groups is 1. The first-order chi connectivity index (χ1) is 12.8. The van der Waals surface area contributed by atoms with Crippen LogP contribution in [-0.2, 0) is 0 Å². The molecule has 26 heavy (non-hydrogen) atoms. The molecule has 1 aliphatic heterocycles. The number of nitrogens with zero attached hydrogens (tertiary/aromatic N) is 3. The summed E-state index contributed by atoms with van der Waals surface area (Å²) >= 11 is 5.67. The van der Waals surface area contributed by atoms with Gasteiger partial charge in [-0.05, 0) is 36.5 Å². The van der Waals surface area contributed by atoms with Gasteiger partial charge >= 0.3 is 0 Å². The van der Waals surface area contributed by atoms with E-state index in [-0.39, 0.29) is 0 Å². The predicted octanol–water partition coefficient (Wildman–Crippen LogP) is 4.33. The minimum absolute atomic E-state index is 0.444. The lowest BCUT2D eigenvalue weighted by Crippen LogP contribution is -2.54. The third kappa shape index (κ3) is 3.30. The van der Waals surface area contributed by atoms with Crippen molar-refractivity contribution in [2.45, 2.75) is 0 Å². The molecule has 0 aliphatic carbocycles. The van der Waals surface area contributed by atoms with Crippen molar-refractivity contribution < 1.29 is 0 Å². The quantitative estimate of drug-likeness (QED) is 0.703. The molecular weight excluding hydrogens is 340 g/mol. The van der Waals surface area contributed by atoms with Crippen molar-refractivity contribution in [3.8, 4) is 0 Å². The van der Waals surface area contributed by atoms with Gasteiger partial charge in [0.1, 0.15) is 12.5 Å². The molecule has 0 spiro atoms. The smallest absolute Gasteiger partial charge is 0.195 e. The van der Waals surface area contributed by atoms with Gasteiger partial charge in [-0.1, -0.05) is 66.7 Å². The van der Waals surface area contributed by atoms with Crippen LogP contribution >= 0.6 is 12.2 Å². The van der Waals surface area contributed by atoms with Crippen LogP contribution in [0.15, 0.2) is 96.0 Å². The fraction of sp³-hybridized carbons (Fsp3) is 0.0476. The Hall–Kier alpha value is -3.18. The molecule has 4 rings (SSSR count). The zero-order valence-corrected chi connectivity index (χ0v) is 14.9. The summed E-state index contributed by atoms with van der Waals surface area (Å²) in [6.07, 6.45) is 0. The van der Waals surface area contributed by atoms with Crippen molar-refractivity contribution in [2.75, 3.05) is 11.7 Å². The van der Waals surface area contributed by atoms with Gasteiger partial charge in [-0.2, -0.15) is 0 Å². The molecule has 128 valence electrons. The number of benzene rings is 3. The normalized spacial score (nSPS) is 13.8. The first-order valence-corrected chi connectivity index (χ1v) is 8.82. The van der Waals surface area contributed by atoms with E-state index in [4.69, 9.17) is 17.2 Å². The van der Waals surface area contributed by atoms with Crippen molar-refractivity contribution in [2.24, 2.45) is 4.99 Å². The van der Waals surface area contributed by atoms with Crippen molar-refractivity contribution in [3.05, 3.63) is 96.6 Å². The van der Waals surface area contributed by atoms with Crippen LogP contribution in [0.2, 0.25) is 0 Å². The molecule has 0 amide bonds. The van der Waals surface area contributed by atoms with Gasteiger partial charge in [0.2, 0.25) is 0 Å². The van der Waals surface area contributed by atoms with Crippen LogP contribution in [0.5, 0.6) is 0 Å². The van der Waals surface area contributed by atoms with Gasteiger partial charge in [0.25, 0.3) is 0 Å². The number of hydrogen-bond donors (Lipinski definition) is 1. The van der Waals surface area contributed by atoms with Crippen molar-refractivity contribution >= 4 is 34.5 Å². The number of amidine groups is 1. The second kappa shape index (κ2) is 7.37. The molecule has 0 fully saturated rings. The summed E-state index contributed by atoms with van der Waals surface area (Å²) in [4.78, 5) is 4.71. The maximum absolute atomic E-state index is 5.67. The first kappa shape index (κ1) is 16.3. The summed E-state index contributed by atoms with van der Waals surface area (Å²) in [6, 6.07) is 30.4. The lowest BCUT2D eigenvalue weighted by molar-refractivity contribution is 0.430. The molecule has 0 radical (unpaired) electrons. The molecule has 4 nitrogen and oxygen atoms in total. The molecule has 5 heteroatoms. The zero-order chi connectivity index (χ0) is 17.8. The summed E-state index contributed by atoms with van der Waals surface area (Å²) in [5.41, 5.74) is 3.09. The maximum atomic E-state index is 5.67. The summed E-state index contributed by atoms with van der Waals surface area (Å²) in [7, 11) is 0. The molecule has 3 aromatic rings.